The number of nitrogens with one attached hydrogen (secondary N) is 1. The molecule has 2 rings (SSSR count). The molecule has 0 bridgehead atoms. The van der Waals surface area contributed by atoms with Crippen molar-refractivity contribution in [3.63, 3.8) is 0 Å². The fraction of sp³-hybridized carbons (Fsp3) is 0.517. The Morgan fingerprint density at radius 1 is 1.00 bits per heavy atom. The van der Waals surface area contributed by atoms with Crippen LogP contribution in [0, 0.1) is 24.2 Å². The molecule has 3 atom stereocenters. The number of methoxy groups -OCH3 is 1. The number of carbonyl (C=O) groups is 2. The molecule has 0 heterocycles. The summed E-state index contributed by atoms with van der Waals surface area (Å²) < 4.78 is 33.2. The minimum atomic E-state index is -3.90. The number of ether oxygens (including phenoxy) is 1. The summed E-state index contributed by atoms with van der Waals surface area (Å²) in [7, 11) is -2.63. The van der Waals surface area contributed by atoms with Gasteiger partial charge in [-0.25, -0.2) is 8.42 Å². The van der Waals surface area contributed by atoms with Gasteiger partial charge in [0.1, 0.15) is 0 Å². The van der Waals surface area contributed by atoms with Crippen LogP contribution in [-0.4, -0.2) is 62.1 Å². The normalized spacial score (nSPS) is 14.7. The lowest BCUT2D eigenvalue weighted by Crippen LogP contribution is -2.53. The second kappa shape index (κ2) is 13.4. The standard InChI is InChI=1S/C29H42N2O6S/c1-20(2)18-31(38(35,36)24-15-13-21(3)14-16-24)19-26(32)25(17-23-11-9-8-10-12-23)30-27(33)22(4)29(5,6)28(34)37-7/h8-16,20,22,25-26,32H,17-19H2,1-7H3,(H,30,33). The highest BCUT2D eigenvalue weighted by Gasteiger charge is 2.40. The van der Waals surface area contributed by atoms with Crippen LogP contribution in [0.15, 0.2) is 59.5 Å². The second-order valence-corrected chi connectivity index (χ2v) is 12.8. The molecule has 3 unspecified atom stereocenters. The molecule has 2 N–H and O–H groups in total. The van der Waals surface area contributed by atoms with E-state index in [-0.39, 0.29) is 30.3 Å². The molecule has 0 radical (unpaired) electrons. The Labute approximate surface area is 227 Å². The third-order valence-corrected chi connectivity index (χ3v) is 8.74. The van der Waals surface area contributed by atoms with Crippen molar-refractivity contribution in [2.45, 2.75) is 65.0 Å². The van der Waals surface area contributed by atoms with Gasteiger partial charge < -0.3 is 15.2 Å². The van der Waals surface area contributed by atoms with E-state index in [0.717, 1.165) is 11.1 Å². The first-order valence-electron chi connectivity index (χ1n) is 12.9. The van der Waals surface area contributed by atoms with Crippen LogP contribution < -0.4 is 5.32 Å². The third kappa shape index (κ3) is 8.12. The molecular formula is C29H42N2O6S. The average Bonchev–Trinajstić information content (AvgIpc) is 2.87. The number of esters is 1. The zero-order valence-corrected chi connectivity index (χ0v) is 24.3. The lowest BCUT2D eigenvalue weighted by atomic mass is 9.79. The molecule has 0 saturated carbocycles. The Kier molecular flexibility index (Phi) is 11.1. The summed E-state index contributed by atoms with van der Waals surface area (Å²) in [5, 5.41) is 14.3. The highest BCUT2D eigenvalue weighted by Crippen LogP contribution is 2.28. The Morgan fingerprint density at radius 2 is 1.58 bits per heavy atom. The summed E-state index contributed by atoms with van der Waals surface area (Å²) in [6.45, 7) is 10.6. The van der Waals surface area contributed by atoms with Gasteiger partial charge in [0.05, 0.1) is 35.5 Å². The smallest absolute Gasteiger partial charge is 0.312 e. The number of sulfonamides is 1. The summed E-state index contributed by atoms with van der Waals surface area (Å²) in [5.74, 6) is -1.71. The van der Waals surface area contributed by atoms with Gasteiger partial charge in [0.15, 0.2) is 0 Å². The van der Waals surface area contributed by atoms with Crippen molar-refractivity contribution in [2.75, 3.05) is 20.2 Å². The quantitative estimate of drug-likeness (QED) is 0.372. The van der Waals surface area contributed by atoms with E-state index < -0.39 is 45.4 Å². The van der Waals surface area contributed by atoms with Crippen LogP contribution in [0.4, 0.5) is 0 Å². The minimum absolute atomic E-state index is 0.00506. The Hall–Kier alpha value is -2.75. The fourth-order valence-corrected chi connectivity index (χ4v) is 5.72. The summed E-state index contributed by atoms with van der Waals surface area (Å²) in [6, 6.07) is 15.1. The van der Waals surface area contributed by atoms with Crippen LogP contribution >= 0.6 is 0 Å². The molecule has 0 aliphatic heterocycles. The van der Waals surface area contributed by atoms with Gasteiger partial charge in [-0.1, -0.05) is 68.8 Å². The number of amides is 1. The van der Waals surface area contributed by atoms with Gasteiger partial charge >= 0.3 is 5.97 Å². The van der Waals surface area contributed by atoms with Crippen molar-refractivity contribution < 1.29 is 27.9 Å². The molecule has 0 spiro atoms. The zero-order chi connectivity index (χ0) is 28.7. The van der Waals surface area contributed by atoms with Crippen LogP contribution in [0.2, 0.25) is 0 Å². The summed E-state index contributed by atoms with van der Waals surface area (Å²) in [4.78, 5) is 25.7. The lowest BCUT2D eigenvalue weighted by Gasteiger charge is -2.33. The van der Waals surface area contributed by atoms with Gasteiger partial charge in [0.25, 0.3) is 0 Å². The van der Waals surface area contributed by atoms with Crippen LogP contribution in [0.5, 0.6) is 0 Å². The third-order valence-electron chi connectivity index (χ3n) is 6.90. The van der Waals surface area contributed by atoms with Crippen LogP contribution in [-0.2, 0) is 30.8 Å². The van der Waals surface area contributed by atoms with E-state index in [1.54, 1.807) is 45.0 Å². The van der Waals surface area contributed by atoms with E-state index in [0.29, 0.717) is 0 Å². The number of aryl methyl sites for hydroxylation is 1. The summed E-state index contributed by atoms with van der Waals surface area (Å²) in [6.07, 6.45) is -0.939. The van der Waals surface area contributed by atoms with Crippen molar-refractivity contribution in [2.24, 2.45) is 17.3 Å². The van der Waals surface area contributed by atoms with E-state index in [1.807, 2.05) is 51.1 Å². The van der Waals surface area contributed by atoms with Gasteiger partial charge in [0.2, 0.25) is 15.9 Å². The van der Waals surface area contributed by atoms with E-state index in [1.165, 1.54) is 11.4 Å². The molecule has 2 aromatic rings. The van der Waals surface area contributed by atoms with Gasteiger partial charge in [-0.2, -0.15) is 4.31 Å². The predicted octanol–water partition coefficient (Wildman–Crippen LogP) is 3.57. The number of hydrogen-bond acceptors (Lipinski definition) is 6. The lowest BCUT2D eigenvalue weighted by molar-refractivity contribution is -0.157. The Bertz CT molecular complexity index is 1160. The monoisotopic (exact) mass is 546 g/mol. The maximum Gasteiger partial charge on any atom is 0.312 e. The molecule has 38 heavy (non-hydrogen) atoms. The van der Waals surface area contributed by atoms with E-state index in [9.17, 15) is 23.1 Å². The molecule has 0 aliphatic carbocycles. The van der Waals surface area contributed by atoms with Gasteiger partial charge in [-0.05, 0) is 50.8 Å². The number of nitrogens with zero attached hydrogens (tertiary/aromatic N) is 1. The maximum absolute atomic E-state index is 13.5. The van der Waals surface area contributed by atoms with E-state index in [2.05, 4.69) is 5.32 Å². The molecule has 0 aliphatic rings. The first-order valence-corrected chi connectivity index (χ1v) is 14.3. The van der Waals surface area contributed by atoms with Gasteiger partial charge in [0, 0.05) is 13.1 Å². The van der Waals surface area contributed by atoms with Crippen molar-refractivity contribution >= 4 is 21.9 Å². The summed E-state index contributed by atoms with van der Waals surface area (Å²) >= 11 is 0. The highest BCUT2D eigenvalue weighted by molar-refractivity contribution is 7.89. The Morgan fingerprint density at radius 3 is 2.11 bits per heavy atom. The number of hydrogen-bond donors (Lipinski definition) is 2. The topological polar surface area (TPSA) is 113 Å². The maximum atomic E-state index is 13.5. The van der Waals surface area contributed by atoms with Crippen molar-refractivity contribution in [3.8, 4) is 0 Å². The van der Waals surface area contributed by atoms with Crippen LogP contribution in [0.25, 0.3) is 0 Å². The van der Waals surface area contributed by atoms with Gasteiger partial charge in [-0.3, -0.25) is 9.59 Å². The molecule has 9 heteroatoms. The largest absolute Gasteiger partial charge is 0.469 e. The number of carbonyl (C=O) groups excluding carboxylic acids is 2. The summed E-state index contributed by atoms with van der Waals surface area (Å²) in [5.41, 5.74) is 0.710. The van der Waals surface area contributed by atoms with Crippen molar-refractivity contribution in [3.05, 3.63) is 65.7 Å². The fourth-order valence-electron chi connectivity index (χ4n) is 4.10. The molecule has 0 fully saturated rings. The minimum Gasteiger partial charge on any atom is -0.469 e. The van der Waals surface area contributed by atoms with Gasteiger partial charge in [-0.15, -0.1) is 0 Å². The number of rotatable bonds is 13. The van der Waals surface area contributed by atoms with Crippen LogP contribution in [0.1, 0.15) is 45.7 Å². The second-order valence-electron chi connectivity index (χ2n) is 10.8. The van der Waals surface area contributed by atoms with Crippen LogP contribution in [0.3, 0.4) is 0 Å². The van der Waals surface area contributed by atoms with E-state index in [4.69, 9.17) is 4.74 Å². The SMILES string of the molecule is COC(=O)C(C)(C)C(C)C(=O)NC(Cc1ccccc1)C(O)CN(CC(C)C)S(=O)(=O)c1ccc(C)cc1. The Balaban J connectivity index is 2.37. The number of benzene rings is 2. The molecule has 0 saturated heterocycles. The molecule has 1 amide bonds. The zero-order valence-electron chi connectivity index (χ0n) is 23.5. The average molecular weight is 547 g/mol. The molecule has 2 aromatic carbocycles. The number of aliphatic hydroxyl groups excluding tert-OH is 1. The first kappa shape index (κ1) is 31.5. The molecular weight excluding hydrogens is 504 g/mol. The van der Waals surface area contributed by atoms with Crippen molar-refractivity contribution in [1.29, 1.82) is 0 Å². The molecule has 210 valence electrons. The first-order chi connectivity index (χ1) is 17.7. The predicted molar refractivity (Wildman–Crippen MR) is 148 cm³/mol. The highest BCUT2D eigenvalue weighted by atomic mass is 32.2. The number of aliphatic hydroxyl groups is 1. The molecule has 0 aromatic heterocycles. The van der Waals surface area contributed by atoms with Crippen molar-refractivity contribution in [1.82, 2.24) is 9.62 Å². The van der Waals surface area contributed by atoms with E-state index >= 15 is 0 Å². The molecule has 8 nitrogen and oxygen atoms in total.